The fraction of sp³-hybridized carbons (Fsp3) is 0.500. The zero-order valence-electron chi connectivity index (χ0n) is 9.17. The van der Waals surface area contributed by atoms with Crippen LogP contribution < -0.4 is 5.73 Å². The summed E-state index contributed by atoms with van der Waals surface area (Å²) < 4.78 is 13.8. The summed E-state index contributed by atoms with van der Waals surface area (Å²) in [5, 5.41) is 10.9. The summed E-state index contributed by atoms with van der Waals surface area (Å²) in [5.74, 6) is 0. The predicted octanol–water partition coefficient (Wildman–Crippen LogP) is 0.153. The van der Waals surface area contributed by atoms with Crippen molar-refractivity contribution < 1.29 is 9.32 Å². The van der Waals surface area contributed by atoms with Crippen LogP contribution >= 0.6 is 11.6 Å². The minimum atomic E-state index is -1.37. The number of aromatic nitrogens is 1. The molecule has 1 aromatic heterocycles. The fourth-order valence-electron chi connectivity index (χ4n) is 1.73. The molecular weight excluding hydrogens is 262 g/mol. The van der Waals surface area contributed by atoms with Gasteiger partial charge < -0.3 is 10.8 Å². The number of nitrogens with zero attached hydrogens (tertiary/aromatic N) is 2. The SMILES string of the molecule is NCC1(O)CCN(S(=O)c2ccc(Cl)cn2)C1. The molecule has 7 heteroatoms. The second-order valence-electron chi connectivity index (χ2n) is 4.11. The topological polar surface area (TPSA) is 79.5 Å². The predicted molar refractivity (Wildman–Crippen MR) is 65.8 cm³/mol. The third-order valence-corrected chi connectivity index (χ3v) is 4.39. The molecule has 0 aliphatic carbocycles. The lowest BCUT2D eigenvalue weighted by Crippen LogP contribution is -2.40. The Balaban J connectivity index is 2.09. The maximum absolute atomic E-state index is 12.1. The average Bonchev–Trinajstić information content (AvgIpc) is 2.73. The Morgan fingerprint density at radius 3 is 2.94 bits per heavy atom. The van der Waals surface area contributed by atoms with E-state index in [2.05, 4.69) is 4.98 Å². The van der Waals surface area contributed by atoms with Gasteiger partial charge in [0.1, 0.15) is 16.0 Å². The molecule has 5 nitrogen and oxygen atoms in total. The van der Waals surface area contributed by atoms with Gasteiger partial charge in [-0.1, -0.05) is 11.6 Å². The van der Waals surface area contributed by atoms with Crippen molar-refractivity contribution >= 4 is 22.6 Å². The van der Waals surface area contributed by atoms with Crippen LogP contribution in [0.15, 0.2) is 23.4 Å². The van der Waals surface area contributed by atoms with Gasteiger partial charge in [0.25, 0.3) is 0 Å². The molecular formula is C10H14ClN3O2S. The molecule has 1 aromatic rings. The molecule has 17 heavy (non-hydrogen) atoms. The molecule has 2 rings (SSSR count). The lowest BCUT2D eigenvalue weighted by atomic mass is 10.1. The Labute approximate surface area is 107 Å². The molecule has 1 fully saturated rings. The quantitative estimate of drug-likeness (QED) is 0.823. The number of halogens is 1. The van der Waals surface area contributed by atoms with Gasteiger partial charge in [-0.15, -0.1) is 0 Å². The summed E-state index contributed by atoms with van der Waals surface area (Å²) in [6.07, 6.45) is 1.99. The second-order valence-corrected chi connectivity index (χ2v) is 5.98. The summed E-state index contributed by atoms with van der Waals surface area (Å²) in [7, 11) is -1.37. The Kier molecular flexibility index (Phi) is 3.79. The van der Waals surface area contributed by atoms with E-state index in [4.69, 9.17) is 17.3 Å². The van der Waals surface area contributed by atoms with Gasteiger partial charge in [-0.25, -0.2) is 13.5 Å². The Hall–Kier alpha value is -0.530. The first-order chi connectivity index (χ1) is 8.04. The van der Waals surface area contributed by atoms with Crippen molar-refractivity contribution in [1.82, 2.24) is 9.29 Å². The molecule has 2 unspecified atom stereocenters. The van der Waals surface area contributed by atoms with Crippen LogP contribution in [0.1, 0.15) is 6.42 Å². The minimum absolute atomic E-state index is 0.175. The number of nitrogens with two attached hydrogens (primary N) is 1. The van der Waals surface area contributed by atoms with Gasteiger partial charge in [0.2, 0.25) is 0 Å². The van der Waals surface area contributed by atoms with E-state index >= 15 is 0 Å². The van der Waals surface area contributed by atoms with Crippen molar-refractivity contribution in [2.24, 2.45) is 5.73 Å². The molecule has 0 spiro atoms. The number of pyridine rings is 1. The average molecular weight is 276 g/mol. The molecule has 94 valence electrons. The number of hydrogen-bond acceptors (Lipinski definition) is 4. The lowest BCUT2D eigenvalue weighted by molar-refractivity contribution is 0.0655. The van der Waals surface area contributed by atoms with Crippen molar-refractivity contribution in [2.45, 2.75) is 17.0 Å². The molecule has 1 aliphatic heterocycles. The monoisotopic (exact) mass is 275 g/mol. The summed E-state index contributed by atoms with van der Waals surface area (Å²) >= 11 is 5.71. The first kappa shape index (κ1) is 12.9. The summed E-state index contributed by atoms with van der Waals surface area (Å²) in [6.45, 7) is 1.03. The van der Waals surface area contributed by atoms with Crippen LogP contribution in [-0.2, 0) is 11.0 Å². The third-order valence-electron chi connectivity index (χ3n) is 2.79. The van der Waals surface area contributed by atoms with E-state index < -0.39 is 16.6 Å². The smallest absolute Gasteiger partial charge is 0.146 e. The summed E-state index contributed by atoms with van der Waals surface area (Å²) in [6, 6.07) is 3.27. The summed E-state index contributed by atoms with van der Waals surface area (Å²) in [5.41, 5.74) is 4.55. The van der Waals surface area contributed by atoms with Crippen LogP contribution in [0.4, 0.5) is 0 Å². The molecule has 0 radical (unpaired) electrons. The third kappa shape index (κ3) is 2.83. The van der Waals surface area contributed by atoms with Crippen molar-refractivity contribution in [3.8, 4) is 0 Å². The van der Waals surface area contributed by atoms with E-state index in [1.165, 1.54) is 6.20 Å². The Bertz CT molecular complexity index is 428. The molecule has 1 aliphatic rings. The minimum Gasteiger partial charge on any atom is -0.387 e. The maximum atomic E-state index is 12.1. The first-order valence-electron chi connectivity index (χ1n) is 5.25. The van der Waals surface area contributed by atoms with E-state index in [1.807, 2.05) is 0 Å². The molecule has 2 atom stereocenters. The number of β-amino-alcohol motifs (C(OH)–C–C–N with tert-alkyl or cyclic N) is 1. The van der Waals surface area contributed by atoms with Crippen LogP contribution in [0, 0.1) is 0 Å². The molecule has 0 bridgehead atoms. The molecule has 0 saturated carbocycles. The Morgan fingerprint density at radius 2 is 2.41 bits per heavy atom. The van der Waals surface area contributed by atoms with Gasteiger partial charge in [0, 0.05) is 25.8 Å². The lowest BCUT2D eigenvalue weighted by Gasteiger charge is -2.20. The molecule has 1 saturated heterocycles. The maximum Gasteiger partial charge on any atom is 0.146 e. The van der Waals surface area contributed by atoms with Gasteiger partial charge in [-0.2, -0.15) is 0 Å². The summed E-state index contributed by atoms with van der Waals surface area (Å²) in [4.78, 5) is 4.01. The van der Waals surface area contributed by atoms with E-state index in [-0.39, 0.29) is 6.54 Å². The number of hydrogen-bond donors (Lipinski definition) is 2. The van der Waals surface area contributed by atoms with Crippen LogP contribution in [0.25, 0.3) is 0 Å². The van der Waals surface area contributed by atoms with Crippen LogP contribution in [0.5, 0.6) is 0 Å². The van der Waals surface area contributed by atoms with Crippen molar-refractivity contribution in [3.05, 3.63) is 23.4 Å². The highest BCUT2D eigenvalue weighted by atomic mass is 35.5. The Morgan fingerprint density at radius 1 is 1.65 bits per heavy atom. The molecule has 2 heterocycles. The van der Waals surface area contributed by atoms with Crippen LogP contribution in [-0.4, -0.2) is 43.8 Å². The normalized spacial score (nSPS) is 27.2. The van der Waals surface area contributed by atoms with E-state index in [0.29, 0.717) is 29.6 Å². The standard InChI is InChI=1S/C10H14ClN3O2S/c11-8-1-2-9(13-5-8)17(16)14-4-3-10(15,6-12)7-14/h1-2,5,15H,3-4,6-7,12H2. The van der Waals surface area contributed by atoms with E-state index in [9.17, 15) is 9.32 Å². The highest BCUT2D eigenvalue weighted by Crippen LogP contribution is 2.23. The van der Waals surface area contributed by atoms with Gasteiger partial charge in [-0.05, 0) is 18.6 Å². The van der Waals surface area contributed by atoms with Crippen LogP contribution in [0.2, 0.25) is 5.02 Å². The van der Waals surface area contributed by atoms with Gasteiger partial charge in [0.15, 0.2) is 0 Å². The highest BCUT2D eigenvalue weighted by molar-refractivity contribution is 7.82. The fourth-order valence-corrected chi connectivity index (χ4v) is 3.04. The van der Waals surface area contributed by atoms with E-state index in [0.717, 1.165) is 0 Å². The molecule has 3 N–H and O–H groups in total. The van der Waals surface area contributed by atoms with Gasteiger partial charge >= 0.3 is 0 Å². The van der Waals surface area contributed by atoms with Crippen molar-refractivity contribution in [3.63, 3.8) is 0 Å². The molecule has 0 amide bonds. The molecule has 0 aromatic carbocycles. The van der Waals surface area contributed by atoms with Crippen LogP contribution in [0.3, 0.4) is 0 Å². The number of aliphatic hydroxyl groups is 1. The zero-order valence-corrected chi connectivity index (χ0v) is 10.7. The second kappa shape index (κ2) is 4.99. The largest absolute Gasteiger partial charge is 0.387 e. The van der Waals surface area contributed by atoms with Gasteiger partial charge in [0.05, 0.1) is 10.6 Å². The van der Waals surface area contributed by atoms with Crippen molar-refractivity contribution in [1.29, 1.82) is 0 Å². The van der Waals surface area contributed by atoms with Crippen molar-refractivity contribution in [2.75, 3.05) is 19.6 Å². The highest BCUT2D eigenvalue weighted by Gasteiger charge is 2.37. The first-order valence-corrected chi connectivity index (χ1v) is 6.73. The van der Waals surface area contributed by atoms with E-state index in [1.54, 1.807) is 16.4 Å². The number of rotatable bonds is 3. The zero-order chi connectivity index (χ0) is 12.5. The van der Waals surface area contributed by atoms with Gasteiger partial charge in [-0.3, -0.25) is 0 Å².